The lowest BCUT2D eigenvalue weighted by Crippen LogP contribution is -2.45. The number of hydrogen-bond acceptors (Lipinski definition) is 4. The molecule has 3 rings (SSSR count). The average Bonchev–Trinajstić information content (AvgIpc) is 3.15. The average molecular weight is 378 g/mol. The molecule has 0 radical (unpaired) electrons. The summed E-state index contributed by atoms with van der Waals surface area (Å²) in [6.07, 6.45) is 4.49. The molecule has 1 saturated carbocycles. The second-order valence-electron chi connectivity index (χ2n) is 7.31. The van der Waals surface area contributed by atoms with Crippen LogP contribution in [0.15, 0.2) is 52.0 Å². The molecule has 1 fully saturated rings. The predicted octanol–water partition coefficient (Wildman–Crippen LogP) is 3.90. The Labute approximate surface area is 155 Å². The number of rotatable bonds is 6. The molecule has 1 aliphatic carbocycles. The monoisotopic (exact) mass is 377 g/mol. The van der Waals surface area contributed by atoms with E-state index in [-0.39, 0.29) is 17.5 Å². The lowest BCUT2D eigenvalue weighted by Gasteiger charge is -2.36. The van der Waals surface area contributed by atoms with Gasteiger partial charge in [-0.1, -0.05) is 19.1 Å². The standard InChI is InChI=1S/C20H27NO4S/c1-15-9-11-17(12-10-15)21(14-16(2)22)26(23,24)20-8-4-3-6-18(20)19-7-5-13-25-19/h3-8,13,15-17,22H,9-12,14H2,1-2H3. The van der Waals surface area contributed by atoms with Gasteiger partial charge in [-0.15, -0.1) is 0 Å². The molecule has 1 N–H and O–H groups in total. The maximum atomic E-state index is 13.5. The molecular formula is C20H27NO4S. The van der Waals surface area contributed by atoms with E-state index in [2.05, 4.69) is 6.92 Å². The molecule has 1 aromatic heterocycles. The molecule has 0 saturated heterocycles. The van der Waals surface area contributed by atoms with Crippen LogP contribution in [-0.4, -0.2) is 36.5 Å². The van der Waals surface area contributed by atoms with E-state index in [0.29, 0.717) is 17.2 Å². The van der Waals surface area contributed by atoms with Gasteiger partial charge in [0.15, 0.2) is 0 Å². The molecule has 0 spiro atoms. The van der Waals surface area contributed by atoms with E-state index in [4.69, 9.17) is 4.42 Å². The van der Waals surface area contributed by atoms with E-state index in [9.17, 15) is 13.5 Å². The summed E-state index contributed by atoms with van der Waals surface area (Å²) in [7, 11) is -3.76. The van der Waals surface area contributed by atoms with Crippen LogP contribution < -0.4 is 0 Å². The van der Waals surface area contributed by atoms with E-state index in [1.165, 1.54) is 10.6 Å². The van der Waals surface area contributed by atoms with Gasteiger partial charge < -0.3 is 9.52 Å². The summed E-state index contributed by atoms with van der Waals surface area (Å²) in [5.41, 5.74) is 0.553. The molecule has 1 aliphatic rings. The molecule has 142 valence electrons. The van der Waals surface area contributed by atoms with E-state index < -0.39 is 16.1 Å². The van der Waals surface area contributed by atoms with Crippen LogP contribution in [0.25, 0.3) is 11.3 Å². The molecule has 2 aromatic rings. The molecule has 1 aromatic carbocycles. The molecule has 6 heteroatoms. The molecule has 0 bridgehead atoms. The normalized spacial score (nSPS) is 22.5. The summed E-state index contributed by atoms with van der Waals surface area (Å²) in [6, 6.07) is 10.3. The second kappa shape index (κ2) is 7.94. The van der Waals surface area contributed by atoms with Gasteiger partial charge in [-0.3, -0.25) is 0 Å². The van der Waals surface area contributed by atoms with Gasteiger partial charge in [0.25, 0.3) is 0 Å². The number of furan rings is 1. The summed E-state index contributed by atoms with van der Waals surface area (Å²) in [6.45, 7) is 3.94. The SMILES string of the molecule is CC(O)CN(C1CCC(C)CC1)S(=O)(=O)c1ccccc1-c1ccco1. The van der Waals surface area contributed by atoms with Gasteiger partial charge in [0.05, 0.1) is 17.3 Å². The third kappa shape index (κ3) is 4.03. The fourth-order valence-electron chi connectivity index (χ4n) is 3.69. The van der Waals surface area contributed by atoms with Crippen molar-refractivity contribution < 1.29 is 17.9 Å². The smallest absolute Gasteiger partial charge is 0.244 e. The van der Waals surface area contributed by atoms with Gasteiger partial charge in [-0.2, -0.15) is 4.31 Å². The maximum absolute atomic E-state index is 13.5. The van der Waals surface area contributed by atoms with Crippen molar-refractivity contribution in [3.8, 4) is 11.3 Å². The first-order valence-electron chi connectivity index (χ1n) is 9.22. The van der Waals surface area contributed by atoms with E-state index in [1.54, 1.807) is 43.3 Å². The van der Waals surface area contributed by atoms with Gasteiger partial charge in [-0.05, 0) is 62.8 Å². The van der Waals surface area contributed by atoms with Crippen molar-refractivity contribution in [1.82, 2.24) is 4.31 Å². The minimum atomic E-state index is -3.76. The summed E-state index contributed by atoms with van der Waals surface area (Å²) in [4.78, 5) is 0.231. The third-order valence-electron chi connectivity index (χ3n) is 5.10. The molecule has 26 heavy (non-hydrogen) atoms. The van der Waals surface area contributed by atoms with Crippen LogP contribution in [0.1, 0.15) is 39.5 Å². The minimum Gasteiger partial charge on any atom is -0.464 e. The van der Waals surface area contributed by atoms with Crippen LogP contribution in [0.5, 0.6) is 0 Å². The fraction of sp³-hybridized carbons (Fsp3) is 0.500. The van der Waals surface area contributed by atoms with Gasteiger partial charge in [0, 0.05) is 18.2 Å². The molecule has 1 unspecified atom stereocenters. The zero-order valence-corrected chi connectivity index (χ0v) is 16.2. The first-order valence-corrected chi connectivity index (χ1v) is 10.7. The quantitative estimate of drug-likeness (QED) is 0.829. The Bertz CT molecular complexity index is 806. The molecule has 1 heterocycles. The first kappa shape index (κ1) is 19.1. The van der Waals surface area contributed by atoms with Crippen LogP contribution in [0, 0.1) is 5.92 Å². The van der Waals surface area contributed by atoms with E-state index in [1.807, 2.05) is 0 Å². The Morgan fingerprint density at radius 1 is 1.15 bits per heavy atom. The van der Waals surface area contributed by atoms with Crippen molar-refractivity contribution in [2.75, 3.05) is 6.54 Å². The Morgan fingerprint density at radius 2 is 1.85 bits per heavy atom. The van der Waals surface area contributed by atoms with Crippen LogP contribution >= 0.6 is 0 Å². The Hall–Kier alpha value is -1.63. The number of aliphatic hydroxyl groups excluding tert-OH is 1. The highest BCUT2D eigenvalue weighted by molar-refractivity contribution is 7.89. The van der Waals surface area contributed by atoms with Crippen molar-refractivity contribution in [1.29, 1.82) is 0 Å². The number of nitrogens with zero attached hydrogens (tertiary/aromatic N) is 1. The zero-order valence-electron chi connectivity index (χ0n) is 15.3. The van der Waals surface area contributed by atoms with Crippen LogP contribution in [0.4, 0.5) is 0 Å². The summed E-state index contributed by atoms with van der Waals surface area (Å²) >= 11 is 0. The lowest BCUT2D eigenvalue weighted by atomic mass is 9.87. The Kier molecular flexibility index (Phi) is 5.85. The highest BCUT2D eigenvalue weighted by Crippen LogP contribution is 2.34. The maximum Gasteiger partial charge on any atom is 0.244 e. The van der Waals surface area contributed by atoms with Gasteiger partial charge in [0.2, 0.25) is 10.0 Å². The first-order chi connectivity index (χ1) is 12.4. The molecular weight excluding hydrogens is 350 g/mol. The summed E-state index contributed by atoms with van der Waals surface area (Å²) in [5, 5.41) is 9.94. The zero-order chi connectivity index (χ0) is 18.7. The van der Waals surface area contributed by atoms with Crippen molar-refractivity contribution in [3.63, 3.8) is 0 Å². The number of sulfonamides is 1. The molecule has 1 atom stereocenters. The van der Waals surface area contributed by atoms with Gasteiger partial charge in [0.1, 0.15) is 5.76 Å². The van der Waals surface area contributed by atoms with Crippen molar-refractivity contribution in [2.45, 2.75) is 56.6 Å². The van der Waals surface area contributed by atoms with Crippen LogP contribution in [-0.2, 0) is 10.0 Å². The Balaban J connectivity index is 2.01. The summed E-state index contributed by atoms with van der Waals surface area (Å²) in [5.74, 6) is 1.15. The van der Waals surface area contributed by atoms with E-state index in [0.717, 1.165) is 25.7 Å². The van der Waals surface area contributed by atoms with Crippen molar-refractivity contribution in [2.24, 2.45) is 5.92 Å². The van der Waals surface area contributed by atoms with E-state index >= 15 is 0 Å². The number of benzene rings is 1. The van der Waals surface area contributed by atoms with Gasteiger partial charge >= 0.3 is 0 Å². The molecule has 0 amide bonds. The third-order valence-corrected chi connectivity index (χ3v) is 7.07. The highest BCUT2D eigenvalue weighted by atomic mass is 32.2. The lowest BCUT2D eigenvalue weighted by molar-refractivity contribution is 0.130. The Morgan fingerprint density at radius 3 is 2.46 bits per heavy atom. The minimum absolute atomic E-state index is 0.0737. The van der Waals surface area contributed by atoms with Crippen LogP contribution in [0.3, 0.4) is 0 Å². The van der Waals surface area contributed by atoms with Crippen molar-refractivity contribution >= 4 is 10.0 Å². The van der Waals surface area contributed by atoms with Crippen LogP contribution in [0.2, 0.25) is 0 Å². The molecule has 0 aliphatic heterocycles. The second-order valence-corrected chi connectivity index (χ2v) is 9.17. The number of hydrogen-bond donors (Lipinski definition) is 1. The predicted molar refractivity (Wildman–Crippen MR) is 101 cm³/mol. The fourth-order valence-corrected chi connectivity index (χ4v) is 5.65. The van der Waals surface area contributed by atoms with Crippen molar-refractivity contribution in [3.05, 3.63) is 42.7 Å². The number of aliphatic hydroxyl groups is 1. The molecule has 5 nitrogen and oxygen atoms in total. The topological polar surface area (TPSA) is 70.8 Å². The van der Waals surface area contributed by atoms with Gasteiger partial charge in [-0.25, -0.2) is 8.42 Å². The summed E-state index contributed by atoms with van der Waals surface area (Å²) < 4.78 is 34.0. The highest BCUT2D eigenvalue weighted by Gasteiger charge is 2.35. The largest absolute Gasteiger partial charge is 0.464 e.